The molecule has 0 saturated heterocycles. The van der Waals surface area contributed by atoms with Crippen molar-refractivity contribution in [1.82, 2.24) is 5.32 Å². The zero-order valence-electron chi connectivity index (χ0n) is 16.8. The van der Waals surface area contributed by atoms with Gasteiger partial charge in [0.1, 0.15) is 5.70 Å². The van der Waals surface area contributed by atoms with Crippen molar-refractivity contribution < 1.29 is 19.5 Å². The Morgan fingerprint density at radius 1 is 1.00 bits per heavy atom. The highest BCUT2D eigenvalue weighted by Crippen LogP contribution is 2.28. The lowest BCUT2D eigenvalue weighted by Gasteiger charge is -2.15. The van der Waals surface area contributed by atoms with E-state index in [1.165, 1.54) is 6.08 Å². The molecule has 2 amide bonds. The molecule has 2 aromatic carbocycles. The number of aliphatic carboxylic acids is 1. The predicted octanol–water partition coefficient (Wildman–Crippen LogP) is 4.71. The van der Waals surface area contributed by atoms with E-state index in [-0.39, 0.29) is 11.6 Å². The lowest BCUT2D eigenvalue weighted by molar-refractivity contribution is -0.132. The largest absolute Gasteiger partial charge is 0.477 e. The number of anilines is 1. The Morgan fingerprint density at radius 2 is 1.68 bits per heavy atom. The van der Waals surface area contributed by atoms with Crippen LogP contribution in [0.2, 0.25) is 0 Å². The van der Waals surface area contributed by atoms with Crippen molar-refractivity contribution >= 4 is 41.1 Å². The van der Waals surface area contributed by atoms with E-state index in [4.69, 9.17) is 11.6 Å². The summed E-state index contributed by atoms with van der Waals surface area (Å²) in [7, 11) is 0. The predicted molar refractivity (Wildman–Crippen MR) is 120 cm³/mol. The zero-order valence-corrected chi connectivity index (χ0v) is 17.6. The Balaban J connectivity index is 1.72. The molecule has 31 heavy (non-hydrogen) atoms. The number of benzene rings is 2. The molecule has 3 N–H and O–H groups in total. The first-order valence-corrected chi connectivity index (χ1v) is 10.0. The highest BCUT2D eigenvalue weighted by Gasteiger charge is 2.19. The lowest BCUT2D eigenvalue weighted by atomic mass is 9.98. The molecule has 1 aliphatic rings. The van der Waals surface area contributed by atoms with Gasteiger partial charge in [-0.05, 0) is 61.2 Å². The number of carboxylic acids is 1. The summed E-state index contributed by atoms with van der Waals surface area (Å²) >= 11 is 6.22. The molecular formula is C24H21ClN2O4. The van der Waals surface area contributed by atoms with E-state index in [1.54, 1.807) is 54.6 Å². The molecule has 0 heterocycles. The third kappa shape index (κ3) is 5.71. The van der Waals surface area contributed by atoms with Crippen LogP contribution in [0.3, 0.4) is 0 Å². The average Bonchev–Trinajstić information content (AvgIpc) is 2.75. The number of nitrogens with one attached hydrogen (secondary N) is 2. The molecule has 6 nitrogen and oxygen atoms in total. The normalized spacial score (nSPS) is 14.0. The number of allylic oxidation sites excluding steroid dienone is 2. The second-order valence-electron chi connectivity index (χ2n) is 6.97. The number of hydrogen-bond donors (Lipinski definition) is 3. The van der Waals surface area contributed by atoms with E-state index < -0.39 is 11.9 Å². The fourth-order valence-corrected chi connectivity index (χ4v) is 3.46. The topological polar surface area (TPSA) is 95.5 Å². The van der Waals surface area contributed by atoms with Crippen LogP contribution in [0.1, 0.15) is 35.7 Å². The summed E-state index contributed by atoms with van der Waals surface area (Å²) in [4.78, 5) is 36.4. The Morgan fingerprint density at radius 3 is 2.29 bits per heavy atom. The molecule has 0 spiro atoms. The van der Waals surface area contributed by atoms with Gasteiger partial charge in [0.25, 0.3) is 11.8 Å². The lowest BCUT2D eigenvalue weighted by Crippen LogP contribution is -2.27. The summed E-state index contributed by atoms with van der Waals surface area (Å²) in [6.45, 7) is 1.85. The standard InChI is InChI=1S/C24H21ClN2O4/c1-15-6-5-9-19(25)21(15)23(29)26-18-12-10-16(11-13-18)14-20(24(30)31)27-22(28)17-7-3-2-4-8-17/h2-4,6-8,10-14H,5,9H2,1H3,(H,26,29)(H,27,28)(H,30,31)/b20-14-. The first kappa shape index (κ1) is 22.1. The number of hydrogen-bond acceptors (Lipinski definition) is 3. The van der Waals surface area contributed by atoms with Gasteiger partial charge in [-0.2, -0.15) is 0 Å². The van der Waals surface area contributed by atoms with Crippen molar-refractivity contribution in [1.29, 1.82) is 0 Å². The first-order valence-electron chi connectivity index (χ1n) is 9.63. The van der Waals surface area contributed by atoms with Gasteiger partial charge in [0.2, 0.25) is 0 Å². The van der Waals surface area contributed by atoms with Gasteiger partial charge in [-0.15, -0.1) is 0 Å². The second kappa shape index (κ2) is 9.91. The number of halogens is 1. The van der Waals surface area contributed by atoms with E-state index in [0.717, 1.165) is 12.0 Å². The molecule has 158 valence electrons. The Hall–Kier alpha value is -3.64. The van der Waals surface area contributed by atoms with Crippen LogP contribution in [0.15, 0.2) is 82.5 Å². The molecule has 0 bridgehead atoms. The first-order chi connectivity index (χ1) is 14.8. The summed E-state index contributed by atoms with van der Waals surface area (Å²) in [6, 6.07) is 14.9. The molecule has 0 aliphatic heterocycles. The summed E-state index contributed by atoms with van der Waals surface area (Å²) in [5.74, 6) is -2.06. The monoisotopic (exact) mass is 436 g/mol. The van der Waals surface area contributed by atoms with E-state index >= 15 is 0 Å². The maximum absolute atomic E-state index is 12.6. The minimum absolute atomic E-state index is 0.259. The van der Waals surface area contributed by atoms with Crippen LogP contribution in [0.5, 0.6) is 0 Å². The number of amides is 2. The Kier molecular flexibility index (Phi) is 7.05. The van der Waals surface area contributed by atoms with Gasteiger partial charge in [-0.25, -0.2) is 4.79 Å². The van der Waals surface area contributed by atoms with Crippen molar-refractivity contribution in [2.45, 2.75) is 19.8 Å². The molecule has 7 heteroatoms. The molecule has 0 atom stereocenters. The SMILES string of the molecule is CC1=CCCC(Cl)=C1C(=O)Nc1ccc(/C=C(\NC(=O)c2ccccc2)C(=O)O)cc1. The molecule has 0 radical (unpaired) electrons. The summed E-state index contributed by atoms with van der Waals surface area (Å²) in [6.07, 6.45) is 4.78. The van der Waals surface area contributed by atoms with Gasteiger partial charge < -0.3 is 15.7 Å². The number of carbonyl (C=O) groups excluding carboxylic acids is 2. The van der Waals surface area contributed by atoms with Gasteiger partial charge in [0.05, 0.1) is 5.57 Å². The molecule has 0 aromatic heterocycles. The molecular weight excluding hydrogens is 416 g/mol. The molecule has 0 unspecified atom stereocenters. The fourth-order valence-electron chi connectivity index (χ4n) is 3.12. The molecule has 3 rings (SSSR count). The number of rotatable bonds is 6. The van der Waals surface area contributed by atoms with Crippen LogP contribution >= 0.6 is 11.6 Å². The molecule has 0 saturated carbocycles. The van der Waals surface area contributed by atoms with Gasteiger partial charge in [0, 0.05) is 16.3 Å². The summed E-state index contributed by atoms with van der Waals surface area (Å²) in [5, 5.41) is 15.2. The van der Waals surface area contributed by atoms with Crippen molar-refractivity contribution in [2.24, 2.45) is 0 Å². The van der Waals surface area contributed by atoms with Crippen LogP contribution < -0.4 is 10.6 Å². The van der Waals surface area contributed by atoms with Crippen molar-refractivity contribution in [2.75, 3.05) is 5.32 Å². The number of carbonyl (C=O) groups is 3. The van der Waals surface area contributed by atoms with Crippen molar-refractivity contribution in [3.63, 3.8) is 0 Å². The highest BCUT2D eigenvalue weighted by molar-refractivity contribution is 6.33. The maximum atomic E-state index is 12.6. The average molecular weight is 437 g/mol. The van der Waals surface area contributed by atoms with Crippen LogP contribution in [0.25, 0.3) is 6.08 Å². The third-order valence-electron chi connectivity index (χ3n) is 4.70. The van der Waals surface area contributed by atoms with Gasteiger partial charge in [-0.3, -0.25) is 9.59 Å². The van der Waals surface area contributed by atoms with Crippen molar-refractivity contribution in [3.8, 4) is 0 Å². The van der Waals surface area contributed by atoms with Gasteiger partial charge in [-0.1, -0.05) is 48.0 Å². The summed E-state index contributed by atoms with van der Waals surface area (Å²) < 4.78 is 0. The molecule has 0 fully saturated rings. The highest BCUT2D eigenvalue weighted by atomic mass is 35.5. The van der Waals surface area contributed by atoms with Gasteiger partial charge >= 0.3 is 5.97 Å². The van der Waals surface area contributed by atoms with Crippen LogP contribution in [-0.4, -0.2) is 22.9 Å². The van der Waals surface area contributed by atoms with Gasteiger partial charge in [0.15, 0.2) is 0 Å². The van der Waals surface area contributed by atoms with E-state index in [2.05, 4.69) is 10.6 Å². The fraction of sp³-hybridized carbons (Fsp3) is 0.125. The summed E-state index contributed by atoms with van der Waals surface area (Å²) in [5.41, 5.74) is 2.51. The van der Waals surface area contributed by atoms with E-state index in [0.29, 0.717) is 33.8 Å². The maximum Gasteiger partial charge on any atom is 0.352 e. The molecule has 1 aliphatic carbocycles. The Bertz CT molecular complexity index is 1100. The minimum atomic E-state index is -1.26. The third-order valence-corrected chi connectivity index (χ3v) is 5.08. The Labute approximate surface area is 184 Å². The van der Waals surface area contributed by atoms with Crippen molar-refractivity contribution in [3.05, 3.63) is 93.7 Å². The quantitative estimate of drug-likeness (QED) is 0.571. The zero-order chi connectivity index (χ0) is 22.4. The smallest absolute Gasteiger partial charge is 0.352 e. The molecule has 2 aromatic rings. The van der Waals surface area contributed by atoms with E-state index in [9.17, 15) is 19.5 Å². The van der Waals surface area contributed by atoms with Crippen LogP contribution in [0, 0.1) is 0 Å². The van der Waals surface area contributed by atoms with Crippen LogP contribution in [0.4, 0.5) is 5.69 Å². The second-order valence-corrected chi connectivity index (χ2v) is 7.42. The number of carboxylic acid groups (broad SMARTS) is 1. The van der Waals surface area contributed by atoms with E-state index in [1.807, 2.05) is 13.0 Å². The minimum Gasteiger partial charge on any atom is -0.477 e. The van der Waals surface area contributed by atoms with Crippen LogP contribution in [-0.2, 0) is 9.59 Å².